The lowest BCUT2D eigenvalue weighted by Gasteiger charge is -2.18. The summed E-state index contributed by atoms with van der Waals surface area (Å²) in [6.07, 6.45) is 63.1. The summed E-state index contributed by atoms with van der Waals surface area (Å²) in [4.78, 5) is 37.9. The molecule has 0 aliphatic rings. The Bertz CT molecular complexity index is 1180. The Labute approximate surface area is 382 Å². The lowest BCUT2D eigenvalue weighted by molar-refractivity contribution is -0.167. The van der Waals surface area contributed by atoms with E-state index in [9.17, 15) is 14.4 Å². The van der Waals surface area contributed by atoms with Crippen molar-refractivity contribution >= 4 is 17.9 Å². The number of hydrogen-bond acceptors (Lipinski definition) is 6. The topological polar surface area (TPSA) is 78.9 Å². The van der Waals surface area contributed by atoms with Crippen molar-refractivity contribution in [2.45, 2.75) is 252 Å². The van der Waals surface area contributed by atoms with Crippen molar-refractivity contribution in [3.8, 4) is 0 Å². The fourth-order valence-electron chi connectivity index (χ4n) is 7.07. The minimum absolute atomic E-state index is 0.0883. The molecule has 0 radical (unpaired) electrons. The first-order valence-electron chi connectivity index (χ1n) is 26.0. The highest BCUT2D eigenvalue weighted by molar-refractivity contribution is 5.71. The van der Waals surface area contributed by atoms with Crippen molar-refractivity contribution < 1.29 is 28.6 Å². The summed E-state index contributed by atoms with van der Waals surface area (Å²) in [5, 5.41) is 0. The highest BCUT2D eigenvalue weighted by Crippen LogP contribution is 2.14. The van der Waals surface area contributed by atoms with Gasteiger partial charge in [0.25, 0.3) is 0 Å². The van der Waals surface area contributed by atoms with Crippen molar-refractivity contribution in [3.05, 3.63) is 72.9 Å². The molecule has 62 heavy (non-hydrogen) atoms. The van der Waals surface area contributed by atoms with Crippen LogP contribution in [0.15, 0.2) is 72.9 Å². The smallest absolute Gasteiger partial charge is 0.306 e. The normalized spacial score (nSPS) is 12.6. The Balaban J connectivity index is 4.37. The summed E-state index contributed by atoms with van der Waals surface area (Å²) >= 11 is 0. The monoisotopic (exact) mass is 865 g/mol. The fourth-order valence-corrected chi connectivity index (χ4v) is 7.07. The van der Waals surface area contributed by atoms with Crippen LogP contribution in [0.2, 0.25) is 0 Å². The number of rotatable bonds is 46. The van der Waals surface area contributed by atoms with Crippen LogP contribution in [-0.2, 0) is 28.6 Å². The Hall–Kier alpha value is -3.15. The Morgan fingerprint density at radius 3 is 1.03 bits per heavy atom. The molecule has 1 unspecified atom stereocenters. The summed E-state index contributed by atoms with van der Waals surface area (Å²) < 4.78 is 16.8. The molecule has 0 aromatic heterocycles. The Morgan fingerprint density at radius 2 is 0.645 bits per heavy atom. The van der Waals surface area contributed by atoms with Crippen LogP contribution >= 0.6 is 0 Å². The molecule has 0 aromatic rings. The van der Waals surface area contributed by atoms with Gasteiger partial charge in [-0.25, -0.2) is 0 Å². The number of unbranched alkanes of at least 4 members (excludes halogenated alkanes) is 26. The molecule has 0 N–H and O–H groups in total. The summed E-state index contributed by atoms with van der Waals surface area (Å²) in [7, 11) is 0. The van der Waals surface area contributed by atoms with Gasteiger partial charge in [-0.05, 0) is 89.9 Å². The average molecular weight is 865 g/mol. The molecule has 0 aromatic carbocycles. The second kappa shape index (κ2) is 50.5. The van der Waals surface area contributed by atoms with Crippen LogP contribution in [0.4, 0.5) is 0 Å². The molecule has 356 valence electrons. The molecular formula is C56H96O6. The highest BCUT2D eigenvalue weighted by Gasteiger charge is 2.19. The van der Waals surface area contributed by atoms with Crippen LogP contribution in [0.3, 0.4) is 0 Å². The first-order valence-corrected chi connectivity index (χ1v) is 26.0. The van der Waals surface area contributed by atoms with Gasteiger partial charge in [-0.2, -0.15) is 0 Å². The Morgan fingerprint density at radius 1 is 0.339 bits per heavy atom. The van der Waals surface area contributed by atoms with E-state index in [-0.39, 0.29) is 31.1 Å². The summed E-state index contributed by atoms with van der Waals surface area (Å²) in [6.45, 7) is 6.43. The second-order valence-electron chi connectivity index (χ2n) is 17.1. The van der Waals surface area contributed by atoms with E-state index in [2.05, 4.69) is 93.7 Å². The number of allylic oxidation sites excluding steroid dienone is 12. The summed E-state index contributed by atoms with van der Waals surface area (Å²) in [5.74, 6) is -0.921. The SMILES string of the molecule is CC\C=C/C=C\C=C/CCCCCCCC(=O)OC(COC(=O)CCCCCCC/C=C\CCCCC)COC(=O)CCCCCCCCCCCC/C=C\C=C/CCCCC. The van der Waals surface area contributed by atoms with E-state index in [0.29, 0.717) is 19.3 Å². The second-order valence-corrected chi connectivity index (χ2v) is 17.1. The molecule has 0 spiro atoms. The molecular weight excluding hydrogens is 769 g/mol. The minimum atomic E-state index is -0.789. The van der Waals surface area contributed by atoms with E-state index >= 15 is 0 Å². The molecule has 1 atom stereocenters. The average Bonchev–Trinajstić information content (AvgIpc) is 3.27. The molecule has 0 bridgehead atoms. The van der Waals surface area contributed by atoms with Gasteiger partial charge in [-0.1, -0.05) is 209 Å². The van der Waals surface area contributed by atoms with Gasteiger partial charge in [0.05, 0.1) is 0 Å². The molecule has 0 amide bonds. The zero-order chi connectivity index (χ0) is 45.1. The molecule has 6 heteroatoms. The van der Waals surface area contributed by atoms with E-state index in [1.54, 1.807) is 0 Å². The maximum absolute atomic E-state index is 12.8. The van der Waals surface area contributed by atoms with Crippen LogP contribution in [0.5, 0.6) is 0 Å². The predicted molar refractivity (Wildman–Crippen MR) is 265 cm³/mol. The maximum atomic E-state index is 12.8. The number of carbonyl (C=O) groups is 3. The standard InChI is InChI=1S/C56H96O6/c1-4-7-10-13-16-19-22-25-26-27-28-29-30-32-34-37-40-43-46-49-55(58)61-52-53(51-60-54(57)48-45-42-39-36-33-24-21-18-15-12-9-6-3)62-56(59)50-47-44-41-38-35-31-23-20-17-14-11-8-5-2/h8,11,14,16-23,25,53H,4-7,9-10,12-13,15,24,26-52H2,1-3H3/b11-8-,17-14-,19-16-,21-18-,23-20-,25-22-. The van der Waals surface area contributed by atoms with Gasteiger partial charge >= 0.3 is 17.9 Å². The largest absolute Gasteiger partial charge is 0.462 e. The lowest BCUT2D eigenvalue weighted by Crippen LogP contribution is -2.30. The highest BCUT2D eigenvalue weighted by atomic mass is 16.6. The van der Waals surface area contributed by atoms with Crippen molar-refractivity contribution in [2.24, 2.45) is 0 Å². The van der Waals surface area contributed by atoms with E-state index in [1.165, 1.54) is 116 Å². The van der Waals surface area contributed by atoms with Gasteiger partial charge in [0, 0.05) is 19.3 Å². The van der Waals surface area contributed by atoms with Gasteiger partial charge in [-0.15, -0.1) is 0 Å². The van der Waals surface area contributed by atoms with Crippen LogP contribution in [0, 0.1) is 0 Å². The number of carbonyl (C=O) groups excluding carboxylic acids is 3. The molecule has 0 aliphatic carbocycles. The predicted octanol–water partition coefficient (Wildman–Crippen LogP) is 17.0. The van der Waals surface area contributed by atoms with Crippen LogP contribution in [0.1, 0.15) is 245 Å². The lowest BCUT2D eigenvalue weighted by atomic mass is 10.1. The van der Waals surface area contributed by atoms with Crippen molar-refractivity contribution in [1.29, 1.82) is 0 Å². The summed E-state index contributed by atoms with van der Waals surface area (Å²) in [6, 6.07) is 0. The number of hydrogen-bond donors (Lipinski definition) is 0. The zero-order valence-electron chi connectivity index (χ0n) is 40.6. The molecule has 0 saturated carbocycles. The summed E-state index contributed by atoms with van der Waals surface area (Å²) in [5.41, 5.74) is 0. The first-order chi connectivity index (χ1) is 30.5. The molecule has 0 heterocycles. The zero-order valence-corrected chi connectivity index (χ0v) is 40.6. The maximum Gasteiger partial charge on any atom is 0.306 e. The number of ether oxygens (including phenoxy) is 3. The van der Waals surface area contributed by atoms with Gasteiger partial charge < -0.3 is 14.2 Å². The molecule has 0 rings (SSSR count). The third kappa shape index (κ3) is 47.9. The van der Waals surface area contributed by atoms with Crippen molar-refractivity contribution in [1.82, 2.24) is 0 Å². The van der Waals surface area contributed by atoms with Crippen molar-refractivity contribution in [2.75, 3.05) is 13.2 Å². The molecule has 0 aliphatic heterocycles. The number of esters is 3. The molecule has 6 nitrogen and oxygen atoms in total. The van der Waals surface area contributed by atoms with Crippen LogP contribution in [-0.4, -0.2) is 37.2 Å². The van der Waals surface area contributed by atoms with E-state index in [1.807, 2.05) is 0 Å². The van der Waals surface area contributed by atoms with Gasteiger partial charge in [0.1, 0.15) is 13.2 Å². The van der Waals surface area contributed by atoms with Crippen LogP contribution in [0.25, 0.3) is 0 Å². The Kier molecular flexibility index (Phi) is 47.9. The molecule has 0 fully saturated rings. The van der Waals surface area contributed by atoms with E-state index < -0.39 is 6.10 Å². The minimum Gasteiger partial charge on any atom is -0.462 e. The third-order valence-electron chi connectivity index (χ3n) is 11.0. The van der Waals surface area contributed by atoms with Gasteiger partial charge in [0.15, 0.2) is 6.10 Å². The first kappa shape index (κ1) is 58.9. The quantitative estimate of drug-likeness (QED) is 0.0199. The van der Waals surface area contributed by atoms with E-state index in [4.69, 9.17) is 14.2 Å². The van der Waals surface area contributed by atoms with Crippen LogP contribution < -0.4 is 0 Å². The van der Waals surface area contributed by atoms with Gasteiger partial charge in [0.2, 0.25) is 0 Å². The third-order valence-corrected chi connectivity index (χ3v) is 11.0. The van der Waals surface area contributed by atoms with E-state index in [0.717, 1.165) is 89.9 Å². The molecule has 0 saturated heterocycles. The van der Waals surface area contributed by atoms with Crippen molar-refractivity contribution in [3.63, 3.8) is 0 Å². The van der Waals surface area contributed by atoms with Gasteiger partial charge in [-0.3, -0.25) is 14.4 Å². The fraction of sp³-hybridized carbons (Fsp3) is 0.732.